The zero-order chi connectivity index (χ0) is 15.0. The second kappa shape index (κ2) is 8.76. The molecule has 0 aliphatic carbocycles. The van der Waals surface area contributed by atoms with E-state index in [9.17, 15) is 0 Å². The summed E-state index contributed by atoms with van der Waals surface area (Å²) in [5, 5.41) is 3.48. The van der Waals surface area contributed by atoms with Crippen molar-refractivity contribution < 1.29 is 9.47 Å². The lowest BCUT2D eigenvalue weighted by atomic mass is 10.2. The molecule has 1 N–H and O–H groups in total. The summed E-state index contributed by atoms with van der Waals surface area (Å²) in [6, 6.07) is 2.20. The standard InChI is InChI=1S/C15H27N3O2/c1-6-18(7-2)11-12(3)17-10-13-15(20-5)14(19-4)8-9-16-13/h8-9,12,17H,6-7,10-11H2,1-5H3. The van der Waals surface area contributed by atoms with E-state index in [1.165, 1.54) is 0 Å². The Hall–Kier alpha value is -1.33. The van der Waals surface area contributed by atoms with Crippen LogP contribution >= 0.6 is 0 Å². The number of hydrogen-bond acceptors (Lipinski definition) is 5. The highest BCUT2D eigenvalue weighted by Crippen LogP contribution is 2.28. The first-order valence-electron chi connectivity index (χ1n) is 7.17. The van der Waals surface area contributed by atoms with Crippen molar-refractivity contribution in [1.82, 2.24) is 15.2 Å². The maximum Gasteiger partial charge on any atom is 0.183 e. The van der Waals surface area contributed by atoms with Gasteiger partial charge in [0.1, 0.15) is 0 Å². The molecule has 5 nitrogen and oxygen atoms in total. The fraction of sp³-hybridized carbons (Fsp3) is 0.667. The molecule has 0 spiro atoms. The highest BCUT2D eigenvalue weighted by atomic mass is 16.5. The summed E-state index contributed by atoms with van der Waals surface area (Å²) in [5.41, 5.74) is 0.873. The Morgan fingerprint density at radius 2 is 1.95 bits per heavy atom. The van der Waals surface area contributed by atoms with E-state index in [0.717, 1.165) is 31.1 Å². The van der Waals surface area contributed by atoms with E-state index in [2.05, 4.69) is 36.0 Å². The third kappa shape index (κ3) is 4.65. The minimum absolute atomic E-state index is 0.396. The van der Waals surface area contributed by atoms with Crippen LogP contribution in [-0.2, 0) is 6.54 Å². The summed E-state index contributed by atoms with van der Waals surface area (Å²) < 4.78 is 10.7. The van der Waals surface area contributed by atoms with Crippen LogP contribution in [0, 0.1) is 0 Å². The van der Waals surface area contributed by atoms with E-state index in [0.29, 0.717) is 18.3 Å². The Labute approximate surface area is 122 Å². The Morgan fingerprint density at radius 1 is 1.25 bits per heavy atom. The fourth-order valence-corrected chi connectivity index (χ4v) is 2.18. The number of aromatic nitrogens is 1. The van der Waals surface area contributed by atoms with Gasteiger partial charge in [0.2, 0.25) is 0 Å². The van der Waals surface area contributed by atoms with Crippen molar-refractivity contribution in [1.29, 1.82) is 0 Å². The molecule has 0 aliphatic heterocycles. The zero-order valence-corrected chi connectivity index (χ0v) is 13.3. The number of nitrogens with zero attached hydrogens (tertiary/aromatic N) is 2. The maximum atomic E-state index is 5.39. The van der Waals surface area contributed by atoms with E-state index >= 15 is 0 Å². The van der Waals surface area contributed by atoms with Crippen molar-refractivity contribution in [2.75, 3.05) is 33.9 Å². The van der Waals surface area contributed by atoms with Gasteiger partial charge in [-0.05, 0) is 20.0 Å². The molecule has 1 heterocycles. The van der Waals surface area contributed by atoms with Gasteiger partial charge in [-0.3, -0.25) is 4.98 Å². The minimum Gasteiger partial charge on any atom is -0.493 e. The molecule has 20 heavy (non-hydrogen) atoms. The highest BCUT2D eigenvalue weighted by Gasteiger charge is 2.12. The van der Waals surface area contributed by atoms with E-state index in [4.69, 9.17) is 9.47 Å². The second-order valence-electron chi connectivity index (χ2n) is 4.76. The molecular formula is C15H27N3O2. The van der Waals surface area contributed by atoms with Crippen LogP contribution in [0.1, 0.15) is 26.5 Å². The van der Waals surface area contributed by atoms with Crippen molar-refractivity contribution in [3.05, 3.63) is 18.0 Å². The molecule has 1 unspecified atom stereocenters. The van der Waals surface area contributed by atoms with Crippen molar-refractivity contribution >= 4 is 0 Å². The molecule has 0 aromatic carbocycles. The topological polar surface area (TPSA) is 46.6 Å². The van der Waals surface area contributed by atoms with Crippen molar-refractivity contribution in [2.24, 2.45) is 0 Å². The Morgan fingerprint density at radius 3 is 2.50 bits per heavy atom. The smallest absolute Gasteiger partial charge is 0.183 e. The summed E-state index contributed by atoms with van der Waals surface area (Å²) in [5.74, 6) is 1.42. The number of hydrogen-bond donors (Lipinski definition) is 1. The molecular weight excluding hydrogens is 254 g/mol. The quantitative estimate of drug-likeness (QED) is 0.749. The molecule has 0 amide bonds. The highest BCUT2D eigenvalue weighted by molar-refractivity contribution is 5.42. The van der Waals surface area contributed by atoms with Gasteiger partial charge in [0.15, 0.2) is 11.5 Å². The summed E-state index contributed by atoms with van der Waals surface area (Å²) >= 11 is 0. The van der Waals surface area contributed by atoms with Gasteiger partial charge >= 0.3 is 0 Å². The lowest BCUT2D eigenvalue weighted by Crippen LogP contribution is -2.38. The summed E-state index contributed by atoms with van der Waals surface area (Å²) in [4.78, 5) is 6.77. The van der Waals surface area contributed by atoms with Crippen LogP contribution in [-0.4, -0.2) is 49.8 Å². The van der Waals surface area contributed by atoms with Gasteiger partial charge in [0.25, 0.3) is 0 Å². The average molecular weight is 281 g/mol. The Kier molecular flexibility index (Phi) is 7.33. The third-order valence-corrected chi connectivity index (χ3v) is 3.41. The molecule has 0 aliphatic rings. The van der Waals surface area contributed by atoms with Crippen molar-refractivity contribution in [2.45, 2.75) is 33.4 Å². The number of pyridine rings is 1. The lowest BCUT2D eigenvalue weighted by molar-refractivity contribution is 0.269. The van der Waals surface area contributed by atoms with Gasteiger partial charge in [-0.1, -0.05) is 13.8 Å². The van der Waals surface area contributed by atoms with Gasteiger partial charge in [0.05, 0.1) is 19.9 Å². The van der Waals surface area contributed by atoms with Crippen LogP contribution in [0.3, 0.4) is 0 Å². The molecule has 1 aromatic heterocycles. The number of rotatable bonds is 9. The van der Waals surface area contributed by atoms with E-state index < -0.39 is 0 Å². The van der Waals surface area contributed by atoms with Gasteiger partial charge in [-0.2, -0.15) is 0 Å². The fourth-order valence-electron chi connectivity index (χ4n) is 2.18. The molecule has 0 radical (unpaired) electrons. The summed E-state index contributed by atoms with van der Waals surface area (Å²) in [7, 11) is 3.28. The van der Waals surface area contributed by atoms with Crippen LogP contribution in [0.5, 0.6) is 11.5 Å². The Balaban J connectivity index is 2.61. The first-order valence-corrected chi connectivity index (χ1v) is 7.17. The van der Waals surface area contributed by atoms with Crippen molar-refractivity contribution in [3.63, 3.8) is 0 Å². The first-order chi connectivity index (χ1) is 9.65. The zero-order valence-electron chi connectivity index (χ0n) is 13.3. The second-order valence-corrected chi connectivity index (χ2v) is 4.76. The Bertz CT molecular complexity index is 395. The van der Waals surface area contributed by atoms with Gasteiger partial charge in [-0.15, -0.1) is 0 Å². The van der Waals surface area contributed by atoms with E-state index in [1.807, 2.05) is 6.07 Å². The van der Waals surface area contributed by atoms with Gasteiger partial charge in [0, 0.05) is 31.4 Å². The van der Waals surface area contributed by atoms with Crippen molar-refractivity contribution in [3.8, 4) is 11.5 Å². The molecule has 114 valence electrons. The summed E-state index contributed by atoms with van der Waals surface area (Å²) in [6.45, 7) is 10.4. The number of nitrogens with one attached hydrogen (secondary N) is 1. The predicted molar refractivity (Wildman–Crippen MR) is 81.4 cm³/mol. The SMILES string of the molecule is CCN(CC)CC(C)NCc1nccc(OC)c1OC. The summed E-state index contributed by atoms with van der Waals surface area (Å²) in [6.07, 6.45) is 1.74. The van der Waals surface area contributed by atoms with Gasteiger partial charge in [-0.25, -0.2) is 0 Å². The molecule has 0 bridgehead atoms. The maximum absolute atomic E-state index is 5.39. The van der Waals surface area contributed by atoms with Crippen LogP contribution in [0.15, 0.2) is 12.3 Å². The molecule has 0 fully saturated rings. The van der Waals surface area contributed by atoms with Crippen LogP contribution in [0.4, 0.5) is 0 Å². The molecule has 1 atom stereocenters. The van der Waals surface area contributed by atoms with E-state index in [-0.39, 0.29) is 0 Å². The number of likely N-dealkylation sites (N-methyl/N-ethyl adjacent to an activating group) is 1. The monoisotopic (exact) mass is 281 g/mol. The molecule has 5 heteroatoms. The van der Waals surface area contributed by atoms with Crippen LogP contribution in [0.2, 0.25) is 0 Å². The largest absolute Gasteiger partial charge is 0.493 e. The molecule has 0 saturated carbocycles. The van der Waals surface area contributed by atoms with Gasteiger partial charge < -0.3 is 19.7 Å². The normalized spacial score (nSPS) is 12.5. The molecule has 1 aromatic rings. The van der Waals surface area contributed by atoms with Crippen LogP contribution < -0.4 is 14.8 Å². The lowest BCUT2D eigenvalue weighted by Gasteiger charge is -2.23. The van der Waals surface area contributed by atoms with E-state index in [1.54, 1.807) is 20.4 Å². The van der Waals surface area contributed by atoms with Crippen LogP contribution in [0.25, 0.3) is 0 Å². The molecule has 1 rings (SSSR count). The number of ether oxygens (including phenoxy) is 2. The predicted octanol–water partition coefficient (Wildman–Crippen LogP) is 1.92. The minimum atomic E-state index is 0.396. The first kappa shape index (κ1) is 16.7. The third-order valence-electron chi connectivity index (χ3n) is 3.41. The number of methoxy groups -OCH3 is 2. The average Bonchev–Trinajstić information content (AvgIpc) is 2.49. The molecule has 0 saturated heterocycles.